The maximum atomic E-state index is 12.8. The summed E-state index contributed by atoms with van der Waals surface area (Å²) < 4.78 is 10.4. The molecule has 0 unspecified atom stereocenters. The van der Waals surface area contributed by atoms with Crippen LogP contribution in [0, 0.1) is 23.7 Å². The lowest BCUT2D eigenvalue weighted by atomic mass is 9.81. The minimum atomic E-state index is -1.03. The molecule has 1 aliphatic heterocycles. The van der Waals surface area contributed by atoms with Crippen molar-refractivity contribution in [2.45, 2.75) is 39.2 Å². The van der Waals surface area contributed by atoms with E-state index in [2.05, 4.69) is 5.32 Å². The summed E-state index contributed by atoms with van der Waals surface area (Å²) in [6.45, 7) is 3.41. The smallest absolute Gasteiger partial charge is 0.329 e. The van der Waals surface area contributed by atoms with Crippen molar-refractivity contribution < 1.29 is 28.7 Å². The highest BCUT2D eigenvalue weighted by Crippen LogP contribution is 2.56. The number of benzene rings is 1. The van der Waals surface area contributed by atoms with Gasteiger partial charge in [0, 0.05) is 5.69 Å². The number of carbonyl (C=O) groups is 4. The van der Waals surface area contributed by atoms with Gasteiger partial charge in [0.25, 0.3) is 5.91 Å². The molecule has 0 aromatic heterocycles. The van der Waals surface area contributed by atoms with Crippen LogP contribution in [-0.4, -0.2) is 47.8 Å². The van der Waals surface area contributed by atoms with Crippen molar-refractivity contribution in [2.75, 3.05) is 18.5 Å². The lowest BCUT2D eigenvalue weighted by molar-refractivity contribution is -0.159. The van der Waals surface area contributed by atoms with E-state index in [1.807, 2.05) is 6.92 Å². The van der Waals surface area contributed by atoms with E-state index in [-0.39, 0.29) is 35.5 Å². The van der Waals surface area contributed by atoms with Crippen LogP contribution in [0.2, 0.25) is 0 Å². The lowest BCUT2D eigenvalue weighted by Crippen LogP contribution is -2.45. The molecule has 0 radical (unpaired) electrons. The quantitative estimate of drug-likeness (QED) is 0.541. The highest BCUT2D eigenvalue weighted by atomic mass is 16.5. The van der Waals surface area contributed by atoms with E-state index < -0.39 is 24.5 Å². The van der Waals surface area contributed by atoms with Crippen LogP contribution >= 0.6 is 0 Å². The van der Waals surface area contributed by atoms with Crippen LogP contribution < -0.4 is 10.1 Å². The summed E-state index contributed by atoms with van der Waals surface area (Å²) in [6, 6.07) is 5.78. The maximum Gasteiger partial charge on any atom is 0.329 e. The molecular weight excluding hydrogens is 388 g/mol. The average Bonchev–Trinajstić information content (AvgIpc) is 3.41. The molecule has 3 aliphatic rings. The third-order valence-electron chi connectivity index (χ3n) is 6.48. The van der Waals surface area contributed by atoms with E-state index in [9.17, 15) is 19.2 Å². The predicted octanol–water partition coefficient (Wildman–Crippen LogP) is 1.99. The number of nitrogens with one attached hydrogen (secondary N) is 1. The number of hydrogen-bond donors (Lipinski definition) is 1. The predicted molar refractivity (Wildman–Crippen MR) is 106 cm³/mol. The topological polar surface area (TPSA) is 102 Å². The summed E-state index contributed by atoms with van der Waals surface area (Å²) in [6.07, 6.45) is 2.89. The number of amides is 3. The van der Waals surface area contributed by atoms with E-state index in [0.717, 1.165) is 24.2 Å². The average molecular weight is 414 g/mol. The van der Waals surface area contributed by atoms with Gasteiger partial charge in [-0.15, -0.1) is 0 Å². The van der Waals surface area contributed by atoms with Crippen molar-refractivity contribution in [3.63, 3.8) is 0 Å². The molecule has 160 valence electrons. The second-order valence-corrected chi connectivity index (χ2v) is 8.22. The van der Waals surface area contributed by atoms with Crippen LogP contribution in [0.4, 0.5) is 5.69 Å². The van der Waals surface area contributed by atoms with Gasteiger partial charge in [0.1, 0.15) is 11.8 Å². The second kappa shape index (κ2) is 8.08. The van der Waals surface area contributed by atoms with Gasteiger partial charge in [0.05, 0.1) is 18.4 Å². The third kappa shape index (κ3) is 3.55. The van der Waals surface area contributed by atoms with Crippen LogP contribution in [0.3, 0.4) is 0 Å². The molecule has 1 aromatic rings. The molecule has 1 heterocycles. The largest absolute Gasteiger partial charge is 0.494 e. The fourth-order valence-electron chi connectivity index (χ4n) is 5.17. The Kier molecular flexibility index (Phi) is 5.49. The van der Waals surface area contributed by atoms with Gasteiger partial charge in [-0.2, -0.15) is 0 Å². The Balaban J connectivity index is 1.30. The first-order chi connectivity index (χ1) is 14.4. The number of carbonyl (C=O) groups excluding carboxylic acids is 4. The van der Waals surface area contributed by atoms with Gasteiger partial charge in [-0.1, -0.05) is 0 Å². The molecule has 3 fully saturated rings. The summed E-state index contributed by atoms with van der Waals surface area (Å²) in [5.74, 6) is -1.16. The molecule has 8 heteroatoms. The Hall–Kier alpha value is -2.90. The zero-order valence-electron chi connectivity index (χ0n) is 17.1. The Bertz CT molecular complexity index is 839. The van der Waals surface area contributed by atoms with Gasteiger partial charge in [-0.25, -0.2) is 4.79 Å². The van der Waals surface area contributed by atoms with Crippen molar-refractivity contribution in [3.05, 3.63) is 24.3 Å². The van der Waals surface area contributed by atoms with Gasteiger partial charge in [-0.05, 0) is 69.2 Å². The Morgan fingerprint density at radius 3 is 2.27 bits per heavy atom. The van der Waals surface area contributed by atoms with E-state index in [4.69, 9.17) is 9.47 Å². The third-order valence-corrected chi connectivity index (χ3v) is 6.48. The van der Waals surface area contributed by atoms with E-state index in [1.165, 1.54) is 6.92 Å². The van der Waals surface area contributed by atoms with Crippen molar-refractivity contribution in [3.8, 4) is 5.75 Å². The number of hydrogen-bond acceptors (Lipinski definition) is 6. The zero-order valence-corrected chi connectivity index (χ0v) is 17.1. The first kappa shape index (κ1) is 20.4. The van der Waals surface area contributed by atoms with Gasteiger partial charge in [-0.3, -0.25) is 19.3 Å². The van der Waals surface area contributed by atoms with Gasteiger partial charge in [0.15, 0.2) is 6.61 Å². The second-order valence-electron chi connectivity index (χ2n) is 8.22. The molecule has 2 aliphatic carbocycles. The first-order valence-corrected chi connectivity index (χ1v) is 10.5. The van der Waals surface area contributed by atoms with Crippen LogP contribution in [0.1, 0.15) is 33.1 Å². The molecule has 3 amide bonds. The summed E-state index contributed by atoms with van der Waals surface area (Å²) in [5, 5.41) is 2.63. The fraction of sp³-hybridized carbons (Fsp3) is 0.545. The minimum absolute atomic E-state index is 0.254. The number of anilines is 1. The van der Waals surface area contributed by atoms with E-state index >= 15 is 0 Å². The fourth-order valence-corrected chi connectivity index (χ4v) is 5.17. The molecule has 4 rings (SSSR count). The number of rotatable bonds is 7. The van der Waals surface area contributed by atoms with Gasteiger partial charge in [0.2, 0.25) is 11.8 Å². The lowest BCUT2D eigenvalue weighted by Gasteiger charge is -2.23. The summed E-state index contributed by atoms with van der Waals surface area (Å²) in [5.41, 5.74) is 0.542. The van der Waals surface area contributed by atoms with Crippen LogP contribution in [-0.2, 0) is 23.9 Å². The first-order valence-electron chi connectivity index (χ1n) is 10.5. The maximum absolute atomic E-state index is 12.8. The highest BCUT2D eigenvalue weighted by molar-refractivity contribution is 6.08. The normalized spacial score (nSPS) is 27.7. The number of imide groups is 1. The number of likely N-dealkylation sites (tertiary alicyclic amines) is 1. The molecule has 0 spiro atoms. The highest BCUT2D eigenvalue weighted by Gasteiger charge is 2.62. The number of esters is 1. The SMILES string of the molecule is CCOc1ccc(NC(=O)COC(=O)[C@@H](C)N2C(=O)[C@@H]3[C@@H]4CC[C@@H](C4)[C@@H]3C2=O)cc1. The molecule has 8 nitrogen and oxygen atoms in total. The molecule has 5 atom stereocenters. The molecule has 2 saturated carbocycles. The van der Waals surface area contributed by atoms with E-state index in [0.29, 0.717) is 18.0 Å². The standard InChI is InChI=1S/C22H26N2O6/c1-3-29-16-8-6-15(7-9-16)23-17(25)11-30-22(28)12(2)24-20(26)18-13-4-5-14(10-13)19(18)21(24)27/h6-9,12-14,18-19H,3-5,10-11H2,1-2H3,(H,23,25)/t12-,13-,14+,18-,19+/m1/s1. The van der Waals surface area contributed by atoms with Crippen LogP contribution in [0.25, 0.3) is 0 Å². The Morgan fingerprint density at radius 2 is 1.70 bits per heavy atom. The molecule has 1 saturated heterocycles. The van der Waals surface area contributed by atoms with Gasteiger partial charge < -0.3 is 14.8 Å². The van der Waals surface area contributed by atoms with Crippen molar-refractivity contribution in [1.82, 2.24) is 4.90 Å². The number of nitrogens with zero attached hydrogens (tertiary/aromatic N) is 1. The molecule has 30 heavy (non-hydrogen) atoms. The van der Waals surface area contributed by atoms with Crippen molar-refractivity contribution in [2.24, 2.45) is 23.7 Å². The summed E-state index contributed by atoms with van der Waals surface area (Å²) in [7, 11) is 0. The van der Waals surface area contributed by atoms with E-state index in [1.54, 1.807) is 24.3 Å². The monoisotopic (exact) mass is 414 g/mol. The Morgan fingerprint density at radius 1 is 1.10 bits per heavy atom. The molecule has 2 bridgehead atoms. The number of ether oxygens (including phenoxy) is 2. The Labute approximate surface area is 174 Å². The minimum Gasteiger partial charge on any atom is -0.494 e. The van der Waals surface area contributed by atoms with Crippen molar-refractivity contribution >= 4 is 29.4 Å². The zero-order chi connectivity index (χ0) is 21.4. The molecule has 1 N–H and O–H groups in total. The van der Waals surface area contributed by atoms with Crippen LogP contribution in [0.15, 0.2) is 24.3 Å². The van der Waals surface area contributed by atoms with Crippen LogP contribution in [0.5, 0.6) is 5.75 Å². The summed E-state index contributed by atoms with van der Waals surface area (Å²) in [4.78, 5) is 51.2. The van der Waals surface area contributed by atoms with Gasteiger partial charge >= 0.3 is 5.97 Å². The molecular formula is C22H26N2O6. The van der Waals surface area contributed by atoms with Crippen molar-refractivity contribution in [1.29, 1.82) is 0 Å². The number of fused-ring (bicyclic) bond motifs is 5. The summed E-state index contributed by atoms with van der Waals surface area (Å²) >= 11 is 0. The molecule has 1 aromatic carbocycles.